The number of carbonyl (C=O) groups excluding carboxylic acids is 1. The molecule has 4 aliphatic heterocycles. The molecule has 5 heterocycles. The van der Waals surface area contributed by atoms with Gasteiger partial charge in [0.2, 0.25) is 0 Å². The summed E-state index contributed by atoms with van der Waals surface area (Å²) in [5, 5.41) is 4.91. The molecular weight excluding hydrogens is 494 g/mol. The van der Waals surface area contributed by atoms with Crippen molar-refractivity contribution in [2.45, 2.75) is 29.5 Å². The van der Waals surface area contributed by atoms with Crippen LogP contribution in [0.4, 0.5) is 0 Å². The first-order chi connectivity index (χ1) is 18.0. The Kier molecular flexibility index (Phi) is 7.06. The maximum Gasteiger partial charge on any atom is 0.274 e. The maximum absolute atomic E-state index is 13.6. The fraction of sp³-hybridized carbons (Fsp3) is 0.615. The van der Waals surface area contributed by atoms with E-state index in [4.69, 9.17) is 14.6 Å². The number of carbonyl (C=O) groups is 1. The summed E-state index contributed by atoms with van der Waals surface area (Å²) in [6.45, 7) is 9.34. The van der Waals surface area contributed by atoms with E-state index in [-0.39, 0.29) is 23.4 Å². The fourth-order valence-electron chi connectivity index (χ4n) is 5.99. The highest BCUT2D eigenvalue weighted by atomic mass is 32.2. The van der Waals surface area contributed by atoms with Crippen LogP contribution < -0.4 is 0 Å². The Morgan fingerprint density at radius 1 is 0.946 bits per heavy atom. The summed E-state index contributed by atoms with van der Waals surface area (Å²) >= 11 is 0. The predicted molar refractivity (Wildman–Crippen MR) is 137 cm³/mol. The van der Waals surface area contributed by atoms with Gasteiger partial charge in [0.15, 0.2) is 15.5 Å². The lowest BCUT2D eigenvalue weighted by Crippen LogP contribution is -2.44. The van der Waals surface area contributed by atoms with Crippen LogP contribution >= 0.6 is 0 Å². The molecule has 0 N–H and O–H groups in total. The van der Waals surface area contributed by atoms with Crippen LogP contribution in [0.1, 0.15) is 34.9 Å². The molecule has 4 aliphatic rings. The van der Waals surface area contributed by atoms with Crippen molar-refractivity contribution in [1.82, 2.24) is 24.5 Å². The van der Waals surface area contributed by atoms with E-state index in [9.17, 15) is 13.2 Å². The molecule has 1 amide bonds. The van der Waals surface area contributed by atoms with E-state index < -0.39 is 9.84 Å². The molecule has 200 valence electrons. The van der Waals surface area contributed by atoms with Crippen LogP contribution in [0.15, 0.2) is 29.2 Å². The van der Waals surface area contributed by atoms with Crippen LogP contribution in [-0.4, -0.2) is 118 Å². The van der Waals surface area contributed by atoms with Gasteiger partial charge in [-0.15, -0.1) is 0 Å². The number of fused-ring (bicyclic) bond motifs is 3. The molecule has 3 saturated heterocycles. The van der Waals surface area contributed by atoms with Crippen LogP contribution in [0.5, 0.6) is 0 Å². The average molecular weight is 530 g/mol. The Balaban J connectivity index is 1.33. The smallest absolute Gasteiger partial charge is 0.274 e. The highest BCUT2D eigenvalue weighted by molar-refractivity contribution is 7.90. The lowest BCUT2D eigenvalue weighted by Gasteiger charge is -2.36. The van der Waals surface area contributed by atoms with Gasteiger partial charge in [0, 0.05) is 56.9 Å². The van der Waals surface area contributed by atoms with E-state index in [1.807, 2.05) is 16.8 Å². The third-order valence-electron chi connectivity index (χ3n) is 7.98. The summed E-state index contributed by atoms with van der Waals surface area (Å²) in [5.41, 5.74) is 2.27. The van der Waals surface area contributed by atoms with Crippen LogP contribution in [0.2, 0.25) is 0 Å². The fourth-order valence-corrected chi connectivity index (χ4v) is 7.58. The molecule has 10 nitrogen and oxygen atoms in total. The molecule has 0 bridgehead atoms. The van der Waals surface area contributed by atoms with Crippen LogP contribution in [0, 0.1) is 0 Å². The molecule has 1 aromatic carbocycles. The second-order valence-electron chi connectivity index (χ2n) is 10.3. The van der Waals surface area contributed by atoms with Gasteiger partial charge in [-0.3, -0.25) is 19.3 Å². The quantitative estimate of drug-likeness (QED) is 0.572. The van der Waals surface area contributed by atoms with Crippen molar-refractivity contribution < 1.29 is 22.7 Å². The molecular formula is C26H35N5O5S. The van der Waals surface area contributed by atoms with Crippen molar-refractivity contribution in [3.63, 3.8) is 0 Å². The molecule has 0 saturated carbocycles. The Hall–Kier alpha value is -2.31. The Bertz CT molecular complexity index is 1250. The number of sulfone groups is 1. The van der Waals surface area contributed by atoms with Crippen molar-refractivity contribution >= 4 is 15.7 Å². The number of ether oxygens (including phenoxy) is 2. The van der Waals surface area contributed by atoms with Gasteiger partial charge >= 0.3 is 0 Å². The van der Waals surface area contributed by atoms with E-state index in [1.165, 1.54) is 0 Å². The molecule has 0 radical (unpaired) electrons. The van der Waals surface area contributed by atoms with Crippen molar-refractivity contribution in [1.29, 1.82) is 0 Å². The summed E-state index contributed by atoms with van der Waals surface area (Å²) in [7, 11) is -3.57. The summed E-state index contributed by atoms with van der Waals surface area (Å²) in [6.07, 6.45) is 1.98. The zero-order valence-corrected chi connectivity index (χ0v) is 22.0. The second kappa shape index (κ2) is 10.5. The number of piperidine rings is 1. The van der Waals surface area contributed by atoms with Crippen LogP contribution in [-0.2, 0) is 25.1 Å². The van der Waals surface area contributed by atoms with E-state index >= 15 is 0 Å². The highest BCUT2D eigenvalue weighted by Gasteiger charge is 2.39. The SMILES string of the molecule is O=C(c1nn([C@@H]2CCCN(CCN3CCOCC3)C2)c2c1CS(=O)(=O)c1ccccc1-2)N1CCOCC1. The van der Waals surface area contributed by atoms with E-state index in [2.05, 4.69) is 9.80 Å². The number of aromatic nitrogens is 2. The van der Waals surface area contributed by atoms with Crippen molar-refractivity contribution in [3.8, 4) is 11.3 Å². The third kappa shape index (κ3) is 4.95. The first kappa shape index (κ1) is 25.0. The van der Waals surface area contributed by atoms with E-state index in [0.29, 0.717) is 42.3 Å². The number of hydrogen-bond acceptors (Lipinski definition) is 8. The van der Waals surface area contributed by atoms with Crippen LogP contribution in [0.25, 0.3) is 11.3 Å². The molecule has 37 heavy (non-hydrogen) atoms. The molecule has 11 heteroatoms. The minimum atomic E-state index is -3.57. The largest absolute Gasteiger partial charge is 0.379 e. The molecule has 1 aromatic heterocycles. The number of nitrogens with zero attached hydrogens (tertiary/aromatic N) is 5. The highest BCUT2D eigenvalue weighted by Crippen LogP contribution is 2.41. The van der Waals surface area contributed by atoms with Gasteiger partial charge < -0.3 is 14.4 Å². The van der Waals surface area contributed by atoms with Crippen LogP contribution in [0.3, 0.4) is 0 Å². The van der Waals surface area contributed by atoms with Crippen molar-refractivity contribution in [3.05, 3.63) is 35.5 Å². The normalized spacial score (nSPS) is 24.4. The minimum absolute atomic E-state index is 0.0762. The molecule has 0 aliphatic carbocycles. The Morgan fingerprint density at radius 2 is 1.65 bits per heavy atom. The minimum Gasteiger partial charge on any atom is -0.379 e. The number of morpholine rings is 2. The third-order valence-corrected chi connectivity index (χ3v) is 9.68. The molecule has 1 atom stereocenters. The van der Waals surface area contributed by atoms with Gasteiger partial charge in [-0.05, 0) is 25.5 Å². The number of benzene rings is 1. The van der Waals surface area contributed by atoms with Gasteiger partial charge in [0.25, 0.3) is 5.91 Å². The summed E-state index contributed by atoms with van der Waals surface area (Å²) < 4.78 is 39.4. The number of hydrogen-bond donors (Lipinski definition) is 0. The first-order valence-corrected chi connectivity index (χ1v) is 15.0. The summed E-state index contributed by atoms with van der Waals surface area (Å²) in [6, 6.07) is 7.22. The van der Waals surface area contributed by atoms with Gasteiger partial charge in [-0.25, -0.2) is 8.42 Å². The zero-order valence-electron chi connectivity index (χ0n) is 21.2. The number of likely N-dealkylation sites (tertiary alicyclic amines) is 1. The Morgan fingerprint density at radius 3 is 2.43 bits per heavy atom. The lowest BCUT2D eigenvalue weighted by molar-refractivity contribution is 0.0294. The summed E-state index contributed by atoms with van der Waals surface area (Å²) in [4.78, 5) is 20.6. The zero-order chi connectivity index (χ0) is 25.4. The lowest BCUT2D eigenvalue weighted by atomic mass is 10.0. The second-order valence-corrected chi connectivity index (χ2v) is 12.3. The molecule has 0 spiro atoms. The number of rotatable bonds is 5. The van der Waals surface area contributed by atoms with Gasteiger partial charge in [0.05, 0.1) is 48.8 Å². The monoisotopic (exact) mass is 529 g/mol. The molecule has 2 aromatic rings. The molecule has 3 fully saturated rings. The summed E-state index contributed by atoms with van der Waals surface area (Å²) in [5.74, 6) is -0.397. The predicted octanol–water partition coefficient (Wildman–Crippen LogP) is 1.28. The van der Waals surface area contributed by atoms with Crippen molar-refractivity contribution in [2.75, 3.05) is 78.8 Å². The molecule has 6 rings (SSSR count). The van der Waals surface area contributed by atoms with Crippen molar-refractivity contribution in [2.24, 2.45) is 0 Å². The van der Waals surface area contributed by atoms with E-state index in [1.54, 1.807) is 17.0 Å². The Labute approximate surface area is 218 Å². The average Bonchev–Trinajstić information content (AvgIpc) is 3.31. The van der Waals surface area contributed by atoms with E-state index in [0.717, 1.165) is 71.0 Å². The topological polar surface area (TPSA) is 97.2 Å². The standard InChI is InChI=1S/C26H35N5O5S/c32-26(30-12-16-36-17-13-30)24-22-19-37(33,34)23-6-2-1-5-21(23)25(22)31(27-24)20-4-3-7-29(18-20)9-8-28-10-14-35-15-11-28/h1-2,5-6,20H,3-4,7-19H2/t20-/m1/s1. The maximum atomic E-state index is 13.6. The molecule has 0 unspecified atom stereocenters. The van der Waals surface area contributed by atoms with Gasteiger partial charge in [-0.2, -0.15) is 5.10 Å². The van der Waals surface area contributed by atoms with Gasteiger partial charge in [-0.1, -0.05) is 18.2 Å². The first-order valence-electron chi connectivity index (χ1n) is 13.3. The van der Waals surface area contributed by atoms with Gasteiger partial charge in [0.1, 0.15) is 0 Å². The number of amides is 1.